The van der Waals surface area contributed by atoms with Gasteiger partial charge in [0.25, 0.3) is 0 Å². The number of aromatic hydroxyl groups is 1. The zero-order chi connectivity index (χ0) is 14.4. The standard InChI is InChI=1S/C13H15FINO3/c1-13(2,3)19-12(18)16-5-7-4-9(15)11(17)10(14)8(7)6-16/h4,17H,5-6H2,1-3H3. The molecule has 0 spiro atoms. The fraction of sp³-hybridized carbons (Fsp3) is 0.462. The molecule has 0 saturated heterocycles. The number of rotatable bonds is 0. The van der Waals surface area contributed by atoms with Crippen LogP contribution in [0.15, 0.2) is 6.07 Å². The maximum absolute atomic E-state index is 13.9. The van der Waals surface area contributed by atoms with Crippen LogP contribution in [0.25, 0.3) is 0 Å². The van der Waals surface area contributed by atoms with Gasteiger partial charge in [-0.3, -0.25) is 4.90 Å². The highest BCUT2D eigenvalue weighted by molar-refractivity contribution is 14.1. The van der Waals surface area contributed by atoms with E-state index in [1.54, 1.807) is 26.8 Å². The minimum atomic E-state index is -0.645. The Hall–Kier alpha value is -1.05. The van der Waals surface area contributed by atoms with Crippen molar-refractivity contribution in [1.82, 2.24) is 4.90 Å². The summed E-state index contributed by atoms with van der Waals surface area (Å²) in [6.45, 7) is 5.77. The quantitative estimate of drug-likeness (QED) is 0.704. The molecule has 1 aromatic carbocycles. The molecule has 0 aliphatic carbocycles. The van der Waals surface area contributed by atoms with Crippen LogP contribution in [0.2, 0.25) is 0 Å². The number of fused-ring (bicyclic) bond motifs is 1. The van der Waals surface area contributed by atoms with Gasteiger partial charge in [-0.05, 0) is 55.0 Å². The number of amides is 1. The zero-order valence-corrected chi connectivity index (χ0v) is 13.1. The summed E-state index contributed by atoms with van der Waals surface area (Å²) in [7, 11) is 0. The maximum atomic E-state index is 13.9. The van der Waals surface area contributed by atoms with Crippen molar-refractivity contribution in [3.8, 4) is 5.75 Å². The minimum absolute atomic E-state index is 0.126. The van der Waals surface area contributed by atoms with Crippen LogP contribution in [0.3, 0.4) is 0 Å². The molecule has 1 heterocycles. The normalized spacial score (nSPS) is 14.5. The minimum Gasteiger partial charge on any atom is -0.504 e. The van der Waals surface area contributed by atoms with Gasteiger partial charge >= 0.3 is 6.09 Å². The van der Waals surface area contributed by atoms with Gasteiger partial charge in [0.2, 0.25) is 0 Å². The summed E-state index contributed by atoms with van der Waals surface area (Å²) in [5.41, 5.74) is 0.496. The Kier molecular flexibility index (Phi) is 3.63. The van der Waals surface area contributed by atoms with Crippen molar-refractivity contribution in [3.63, 3.8) is 0 Å². The summed E-state index contributed by atoms with van der Waals surface area (Å²) < 4.78 is 19.6. The number of carbonyl (C=O) groups excluding carboxylic acids is 1. The Morgan fingerprint density at radius 2 is 2.11 bits per heavy atom. The number of nitrogens with zero attached hydrogens (tertiary/aromatic N) is 1. The highest BCUT2D eigenvalue weighted by Crippen LogP contribution is 2.34. The van der Waals surface area contributed by atoms with Crippen LogP contribution in [0.1, 0.15) is 31.9 Å². The first kappa shape index (κ1) is 14.4. The number of ether oxygens (including phenoxy) is 1. The summed E-state index contributed by atoms with van der Waals surface area (Å²) >= 11 is 1.87. The average Bonchev–Trinajstić information content (AvgIpc) is 2.68. The third kappa shape index (κ3) is 2.93. The lowest BCUT2D eigenvalue weighted by molar-refractivity contribution is 0.0241. The average molecular weight is 379 g/mol. The van der Waals surface area contributed by atoms with Crippen molar-refractivity contribution in [3.05, 3.63) is 26.6 Å². The molecule has 0 bridgehead atoms. The predicted molar refractivity (Wildman–Crippen MR) is 76.3 cm³/mol. The van der Waals surface area contributed by atoms with E-state index in [9.17, 15) is 14.3 Å². The number of carbonyl (C=O) groups is 1. The lowest BCUT2D eigenvalue weighted by Gasteiger charge is -2.24. The Morgan fingerprint density at radius 1 is 1.47 bits per heavy atom. The van der Waals surface area contributed by atoms with E-state index in [4.69, 9.17) is 4.74 Å². The molecule has 0 fully saturated rings. The zero-order valence-electron chi connectivity index (χ0n) is 11.0. The van der Waals surface area contributed by atoms with Gasteiger partial charge in [0.1, 0.15) is 5.60 Å². The van der Waals surface area contributed by atoms with E-state index in [-0.39, 0.29) is 12.3 Å². The molecule has 1 aliphatic rings. The summed E-state index contributed by atoms with van der Waals surface area (Å²) in [6, 6.07) is 1.69. The van der Waals surface area contributed by atoms with Crippen LogP contribution < -0.4 is 0 Å². The molecule has 19 heavy (non-hydrogen) atoms. The van der Waals surface area contributed by atoms with Crippen molar-refractivity contribution in [1.29, 1.82) is 0 Å². The summed E-state index contributed by atoms with van der Waals surface area (Å²) in [5, 5.41) is 9.56. The van der Waals surface area contributed by atoms with Crippen LogP contribution in [-0.2, 0) is 17.8 Å². The first-order valence-corrected chi connectivity index (χ1v) is 6.93. The SMILES string of the molecule is CC(C)(C)OC(=O)N1Cc2cc(I)c(O)c(F)c2C1. The first-order valence-electron chi connectivity index (χ1n) is 5.85. The molecule has 1 aromatic rings. The highest BCUT2D eigenvalue weighted by Gasteiger charge is 2.31. The molecule has 2 rings (SSSR count). The summed E-state index contributed by atoms with van der Waals surface area (Å²) in [6.07, 6.45) is -0.474. The number of benzene rings is 1. The fourth-order valence-electron chi connectivity index (χ4n) is 1.92. The van der Waals surface area contributed by atoms with Gasteiger partial charge in [-0.2, -0.15) is 0 Å². The second kappa shape index (κ2) is 4.81. The molecule has 0 aromatic heterocycles. The van der Waals surface area contributed by atoms with Crippen LogP contribution in [0.5, 0.6) is 5.75 Å². The van der Waals surface area contributed by atoms with Gasteiger partial charge < -0.3 is 9.84 Å². The molecule has 1 amide bonds. The van der Waals surface area contributed by atoms with Gasteiger partial charge in [0.15, 0.2) is 11.6 Å². The second-order valence-corrected chi connectivity index (χ2v) is 6.66. The van der Waals surface area contributed by atoms with Crippen molar-refractivity contribution in [2.24, 2.45) is 0 Å². The van der Waals surface area contributed by atoms with Gasteiger partial charge in [-0.15, -0.1) is 0 Å². The molecule has 104 valence electrons. The first-order chi connectivity index (χ1) is 8.69. The molecule has 0 radical (unpaired) electrons. The molecular formula is C13H15FINO3. The Morgan fingerprint density at radius 3 is 2.68 bits per heavy atom. The van der Waals surface area contributed by atoms with E-state index in [0.29, 0.717) is 21.2 Å². The Labute approximate surface area is 124 Å². The fourth-order valence-corrected chi connectivity index (χ4v) is 2.53. The largest absolute Gasteiger partial charge is 0.504 e. The summed E-state index contributed by atoms with van der Waals surface area (Å²) in [5.74, 6) is -1.00. The molecule has 4 nitrogen and oxygen atoms in total. The molecule has 6 heteroatoms. The van der Waals surface area contributed by atoms with Gasteiger partial charge in [0, 0.05) is 12.1 Å². The van der Waals surface area contributed by atoms with Gasteiger partial charge in [-0.25, -0.2) is 9.18 Å². The van der Waals surface area contributed by atoms with Crippen molar-refractivity contribution >= 4 is 28.7 Å². The lowest BCUT2D eigenvalue weighted by atomic mass is 10.1. The number of phenols is 1. The van der Waals surface area contributed by atoms with Crippen molar-refractivity contribution in [2.75, 3.05) is 0 Å². The topological polar surface area (TPSA) is 49.8 Å². The third-order valence-electron chi connectivity index (χ3n) is 2.75. The van der Waals surface area contributed by atoms with E-state index in [0.717, 1.165) is 0 Å². The van der Waals surface area contributed by atoms with Crippen LogP contribution in [0, 0.1) is 9.39 Å². The van der Waals surface area contributed by atoms with Crippen LogP contribution in [-0.4, -0.2) is 21.7 Å². The molecular weight excluding hydrogens is 364 g/mol. The maximum Gasteiger partial charge on any atom is 0.410 e. The number of hydrogen-bond acceptors (Lipinski definition) is 3. The van der Waals surface area contributed by atoms with Crippen LogP contribution >= 0.6 is 22.6 Å². The highest BCUT2D eigenvalue weighted by atomic mass is 127. The molecule has 0 unspecified atom stereocenters. The van der Waals surface area contributed by atoms with Crippen molar-refractivity contribution in [2.45, 2.75) is 39.5 Å². The summed E-state index contributed by atoms with van der Waals surface area (Å²) in [4.78, 5) is 13.4. The van der Waals surface area contributed by atoms with E-state index in [2.05, 4.69) is 0 Å². The predicted octanol–water partition coefficient (Wildman–Crippen LogP) is 3.39. The Bertz CT molecular complexity index is 540. The monoisotopic (exact) mass is 379 g/mol. The van der Waals surface area contributed by atoms with E-state index < -0.39 is 17.5 Å². The molecule has 0 atom stereocenters. The number of hydrogen-bond donors (Lipinski definition) is 1. The Balaban J connectivity index is 2.21. The second-order valence-electron chi connectivity index (χ2n) is 5.50. The number of halogens is 2. The van der Waals surface area contributed by atoms with Gasteiger partial charge in [-0.1, -0.05) is 0 Å². The van der Waals surface area contributed by atoms with Crippen molar-refractivity contribution < 1.29 is 19.0 Å². The molecule has 0 saturated carbocycles. The lowest BCUT2D eigenvalue weighted by Crippen LogP contribution is -2.33. The van der Waals surface area contributed by atoms with Crippen LogP contribution in [0.4, 0.5) is 9.18 Å². The molecule has 1 aliphatic heterocycles. The van der Waals surface area contributed by atoms with Gasteiger partial charge in [0.05, 0.1) is 10.1 Å². The van der Waals surface area contributed by atoms with E-state index >= 15 is 0 Å². The van der Waals surface area contributed by atoms with E-state index in [1.165, 1.54) is 4.90 Å². The number of phenolic OH excluding ortho intramolecular Hbond substituents is 1. The molecule has 1 N–H and O–H groups in total. The third-order valence-corrected chi connectivity index (χ3v) is 3.57. The van der Waals surface area contributed by atoms with E-state index in [1.807, 2.05) is 22.6 Å². The smallest absolute Gasteiger partial charge is 0.410 e.